The Labute approximate surface area is 154 Å². The second-order valence-electron chi connectivity index (χ2n) is 6.37. The van der Waals surface area contributed by atoms with Gasteiger partial charge in [-0.3, -0.25) is 0 Å². The summed E-state index contributed by atoms with van der Waals surface area (Å²) in [7, 11) is 0. The maximum Gasteiger partial charge on any atom is 0.160 e. The van der Waals surface area contributed by atoms with Crippen molar-refractivity contribution in [1.82, 2.24) is 0 Å². The van der Waals surface area contributed by atoms with E-state index in [9.17, 15) is 18.4 Å². The Hall–Kier alpha value is -1.59. The maximum atomic E-state index is 11.5. The number of hydrogen-bond donors (Lipinski definition) is 1. The monoisotopic (exact) mass is 366 g/mol. The molecule has 0 aromatic rings. The minimum Gasteiger partial charge on any atom is -0.306 e. The maximum absolute atomic E-state index is 11.5. The predicted octanol–water partition coefficient (Wildman–Crippen LogP) is 4.42. The van der Waals surface area contributed by atoms with E-state index in [-0.39, 0.29) is 11.8 Å². The third-order valence-electron chi connectivity index (χ3n) is 3.62. The summed E-state index contributed by atoms with van der Waals surface area (Å²) in [4.78, 5) is 21.1. The van der Waals surface area contributed by atoms with Crippen LogP contribution in [0.5, 0.6) is 0 Å². The van der Waals surface area contributed by atoms with E-state index in [4.69, 9.17) is 0 Å². The van der Waals surface area contributed by atoms with E-state index in [2.05, 4.69) is 0 Å². The van der Waals surface area contributed by atoms with Gasteiger partial charge in [0, 0.05) is 11.8 Å². The average Bonchev–Trinajstić information content (AvgIpc) is 2.57. The van der Waals surface area contributed by atoms with Gasteiger partial charge in [-0.05, 0) is 33.1 Å². The third-order valence-corrected chi connectivity index (χ3v) is 4.46. The highest BCUT2D eigenvalue weighted by molar-refractivity contribution is 7.80. The van der Waals surface area contributed by atoms with Crippen LogP contribution in [-0.4, -0.2) is 26.6 Å². The van der Waals surface area contributed by atoms with E-state index >= 15 is 0 Å². The van der Waals surface area contributed by atoms with Gasteiger partial charge in [-0.25, -0.2) is 4.21 Å². The number of aldehydes is 2. The van der Waals surface area contributed by atoms with E-state index in [0.29, 0.717) is 12.8 Å². The summed E-state index contributed by atoms with van der Waals surface area (Å²) in [5.74, 6) is -0.206. The molecule has 0 aliphatic rings. The van der Waals surface area contributed by atoms with Crippen molar-refractivity contribution in [1.29, 1.82) is 0 Å². The second kappa shape index (κ2) is 13.7. The molecule has 0 radical (unpaired) electrons. The SMILES string of the molecule is CC(=CCC(C=C(C)CC=CC(C)C=O)S(=O)O)CC=CC(C)C=O. The van der Waals surface area contributed by atoms with Gasteiger partial charge in [0.15, 0.2) is 11.1 Å². The second-order valence-corrected chi connectivity index (χ2v) is 7.53. The molecule has 0 aliphatic heterocycles. The summed E-state index contributed by atoms with van der Waals surface area (Å²) in [6.45, 7) is 7.51. The van der Waals surface area contributed by atoms with E-state index in [1.165, 1.54) is 0 Å². The molecule has 140 valence electrons. The van der Waals surface area contributed by atoms with Gasteiger partial charge in [-0.2, -0.15) is 0 Å². The topological polar surface area (TPSA) is 71.4 Å². The first kappa shape index (κ1) is 23.4. The molecule has 0 amide bonds. The molecule has 0 saturated heterocycles. The quantitative estimate of drug-likeness (QED) is 0.315. The Bertz CT molecular complexity index is 558. The normalized spacial score (nSPS) is 18.3. The minimum atomic E-state index is -1.94. The van der Waals surface area contributed by atoms with Gasteiger partial charge < -0.3 is 14.1 Å². The van der Waals surface area contributed by atoms with Crippen molar-refractivity contribution in [3.63, 3.8) is 0 Å². The first-order valence-corrected chi connectivity index (χ1v) is 9.63. The van der Waals surface area contributed by atoms with Crippen molar-refractivity contribution in [3.05, 3.63) is 47.6 Å². The summed E-state index contributed by atoms with van der Waals surface area (Å²) in [6.07, 6.45) is 14.9. The summed E-state index contributed by atoms with van der Waals surface area (Å²) in [5.41, 5.74) is 2.09. The molecule has 0 saturated carbocycles. The van der Waals surface area contributed by atoms with E-state index in [1.54, 1.807) is 0 Å². The van der Waals surface area contributed by atoms with Gasteiger partial charge in [0.25, 0.3) is 0 Å². The van der Waals surface area contributed by atoms with Gasteiger partial charge in [0.1, 0.15) is 12.6 Å². The van der Waals surface area contributed by atoms with Crippen LogP contribution in [0.2, 0.25) is 0 Å². The van der Waals surface area contributed by atoms with Gasteiger partial charge in [0.2, 0.25) is 0 Å². The van der Waals surface area contributed by atoms with Gasteiger partial charge >= 0.3 is 0 Å². The molecule has 0 aromatic carbocycles. The molecule has 4 unspecified atom stereocenters. The lowest BCUT2D eigenvalue weighted by atomic mass is 10.1. The molecule has 5 heteroatoms. The van der Waals surface area contributed by atoms with Crippen LogP contribution in [0.4, 0.5) is 0 Å². The largest absolute Gasteiger partial charge is 0.306 e. The summed E-state index contributed by atoms with van der Waals surface area (Å²) >= 11 is -1.94. The molecule has 1 N–H and O–H groups in total. The van der Waals surface area contributed by atoms with Crippen molar-refractivity contribution in [2.45, 2.75) is 52.2 Å². The van der Waals surface area contributed by atoms with Crippen LogP contribution in [-0.2, 0) is 20.7 Å². The van der Waals surface area contributed by atoms with Crippen molar-refractivity contribution in [2.75, 3.05) is 0 Å². The molecule has 0 spiro atoms. The van der Waals surface area contributed by atoms with Crippen molar-refractivity contribution in [2.24, 2.45) is 11.8 Å². The molecule has 0 aromatic heterocycles. The smallest absolute Gasteiger partial charge is 0.160 e. The van der Waals surface area contributed by atoms with Crippen molar-refractivity contribution >= 4 is 23.7 Å². The number of rotatable bonds is 12. The summed E-state index contributed by atoms with van der Waals surface area (Å²) < 4.78 is 21.0. The highest BCUT2D eigenvalue weighted by Gasteiger charge is 2.11. The highest BCUT2D eigenvalue weighted by atomic mass is 32.2. The van der Waals surface area contributed by atoms with E-state index in [1.807, 2.05) is 64.2 Å². The van der Waals surface area contributed by atoms with Crippen LogP contribution in [0.25, 0.3) is 0 Å². The fraction of sp³-hybridized carbons (Fsp3) is 0.500. The van der Waals surface area contributed by atoms with Gasteiger partial charge in [-0.1, -0.05) is 61.4 Å². The minimum absolute atomic E-state index is 0.0916. The standard InChI is InChI=1S/C20H30O4S/c1-16(7-5-9-18(3)14-21)11-12-20(25(23)24)13-17(2)8-6-10-19(4)15-22/h5-6,9-11,13-15,18-20H,7-8,12H2,1-4H3,(H,23,24). The van der Waals surface area contributed by atoms with Crippen LogP contribution >= 0.6 is 0 Å². The number of allylic oxidation sites excluding steroid dienone is 7. The lowest BCUT2D eigenvalue weighted by molar-refractivity contribution is -0.110. The van der Waals surface area contributed by atoms with Crippen molar-refractivity contribution < 1.29 is 18.4 Å². The lowest BCUT2D eigenvalue weighted by Gasteiger charge is -2.08. The van der Waals surface area contributed by atoms with Crippen LogP contribution in [0.3, 0.4) is 0 Å². The average molecular weight is 367 g/mol. The lowest BCUT2D eigenvalue weighted by Crippen LogP contribution is -2.11. The summed E-state index contributed by atoms with van der Waals surface area (Å²) in [6, 6.07) is 0. The van der Waals surface area contributed by atoms with Crippen LogP contribution in [0, 0.1) is 11.8 Å². The molecule has 0 rings (SSSR count). The van der Waals surface area contributed by atoms with E-state index < -0.39 is 16.3 Å². The molecular formula is C20H30O4S. The third kappa shape index (κ3) is 12.4. The van der Waals surface area contributed by atoms with E-state index in [0.717, 1.165) is 30.1 Å². The molecule has 4 nitrogen and oxygen atoms in total. The summed E-state index contributed by atoms with van der Waals surface area (Å²) in [5, 5.41) is -0.454. The Kier molecular flexibility index (Phi) is 12.8. The molecule has 25 heavy (non-hydrogen) atoms. The fourth-order valence-electron chi connectivity index (χ4n) is 2.02. The Balaban J connectivity index is 4.71. The molecule has 4 atom stereocenters. The number of carbonyl (C=O) groups is 2. The van der Waals surface area contributed by atoms with Gasteiger partial charge in [0.05, 0.1) is 5.25 Å². The zero-order valence-electron chi connectivity index (χ0n) is 15.6. The zero-order valence-corrected chi connectivity index (χ0v) is 16.4. The molecule has 0 bridgehead atoms. The molecular weight excluding hydrogens is 336 g/mol. The Morgan fingerprint density at radius 1 is 0.960 bits per heavy atom. The van der Waals surface area contributed by atoms with Crippen LogP contribution in [0.1, 0.15) is 47.0 Å². The van der Waals surface area contributed by atoms with Gasteiger partial charge in [-0.15, -0.1) is 0 Å². The number of carbonyl (C=O) groups excluding carboxylic acids is 2. The molecule has 0 aliphatic carbocycles. The predicted molar refractivity (Wildman–Crippen MR) is 105 cm³/mol. The Morgan fingerprint density at radius 3 is 1.88 bits per heavy atom. The molecule has 0 fully saturated rings. The fourth-order valence-corrected chi connectivity index (χ4v) is 2.63. The van der Waals surface area contributed by atoms with Crippen molar-refractivity contribution in [3.8, 4) is 0 Å². The first-order chi connectivity index (χ1) is 11.8. The Morgan fingerprint density at radius 2 is 1.44 bits per heavy atom. The van der Waals surface area contributed by atoms with Crippen LogP contribution < -0.4 is 0 Å². The first-order valence-electron chi connectivity index (χ1n) is 8.46. The number of hydrogen-bond acceptors (Lipinski definition) is 3. The highest BCUT2D eigenvalue weighted by Crippen LogP contribution is 2.13. The molecule has 0 heterocycles. The zero-order chi connectivity index (χ0) is 19.2. The van der Waals surface area contributed by atoms with Crippen LogP contribution in [0.15, 0.2) is 47.6 Å².